The lowest BCUT2D eigenvalue weighted by atomic mass is 9.93. The molecule has 1 aromatic rings. The van der Waals surface area contributed by atoms with E-state index >= 15 is 0 Å². The van der Waals surface area contributed by atoms with E-state index in [1.807, 2.05) is 38.1 Å². The molecular formula is C11H18N2O. The SMILES string of the molecule is CCOc1ccc(C(C)(N)CN)cc1. The first-order valence-corrected chi connectivity index (χ1v) is 4.82. The Balaban J connectivity index is 2.82. The van der Waals surface area contributed by atoms with E-state index in [2.05, 4.69) is 0 Å². The number of ether oxygens (including phenoxy) is 1. The second kappa shape index (κ2) is 4.44. The van der Waals surface area contributed by atoms with Crippen molar-refractivity contribution in [2.45, 2.75) is 19.4 Å². The smallest absolute Gasteiger partial charge is 0.119 e. The highest BCUT2D eigenvalue weighted by Crippen LogP contribution is 2.19. The van der Waals surface area contributed by atoms with Gasteiger partial charge < -0.3 is 16.2 Å². The van der Waals surface area contributed by atoms with Gasteiger partial charge in [0.15, 0.2) is 0 Å². The standard InChI is InChI=1S/C11H18N2O/c1-3-14-10-6-4-9(5-7-10)11(2,13)8-12/h4-7H,3,8,12-13H2,1-2H3. The Morgan fingerprint density at radius 3 is 2.29 bits per heavy atom. The number of nitrogens with two attached hydrogens (primary N) is 2. The van der Waals surface area contributed by atoms with Crippen LogP contribution in [-0.2, 0) is 5.54 Å². The lowest BCUT2D eigenvalue weighted by molar-refractivity contribution is 0.340. The fourth-order valence-corrected chi connectivity index (χ4v) is 1.22. The van der Waals surface area contributed by atoms with Gasteiger partial charge in [-0.3, -0.25) is 0 Å². The summed E-state index contributed by atoms with van der Waals surface area (Å²) in [6.45, 7) is 4.99. The minimum Gasteiger partial charge on any atom is -0.494 e. The Hall–Kier alpha value is -1.06. The van der Waals surface area contributed by atoms with E-state index in [9.17, 15) is 0 Å². The molecule has 0 bridgehead atoms. The van der Waals surface area contributed by atoms with Gasteiger partial charge in [0.25, 0.3) is 0 Å². The highest BCUT2D eigenvalue weighted by Gasteiger charge is 2.18. The second-order valence-corrected chi connectivity index (χ2v) is 3.58. The molecule has 14 heavy (non-hydrogen) atoms. The van der Waals surface area contributed by atoms with E-state index in [1.54, 1.807) is 0 Å². The van der Waals surface area contributed by atoms with Gasteiger partial charge in [-0.25, -0.2) is 0 Å². The predicted octanol–water partition coefficient (Wildman–Crippen LogP) is 1.22. The van der Waals surface area contributed by atoms with Crippen LogP contribution in [-0.4, -0.2) is 13.2 Å². The van der Waals surface area contributed by atoms with E-state index in [-0.39, 0.29) is 0 Å². The second-order valence-electron chi connectivity index (χ2n) is 3.58. The molecule has 0 aliphatic heterocycles. The number of rotatable bonds is 4. The third-order valence-electron chi connectivity index (χ3n) is 2.25. The summed E-state index contributed by atoms with van der Waals surface area (Å²) in [6.07, 6.45) is 0. The zero-order valence-corrected chi connectivity index (χ0v) is 8.79. The summed E-state index contributed by atoms with van der Waals surface area (Å²) in [5.74, 6) is 0.865. The Morgan fingerprint density at radius 2 is 1.86 bits per heavy atom. The quantitative estimate of drug-likeness (QED) is 0.757. The lowest BCUT2D eigenvalue weighted by Crippen LogP contribution is -2.40. The average Bonchev–Trinajstić information content (AvgIpc) is 2.19. The fraction of sp³-hybridized carbons (Fsp3) is 0.455. The molecule has 0 amide bonds. The van der Waals surface area contributed by atoms with Crippen LogP contribution in [0.4, 0.5) is 0 Å². The molecule has 1 atom stereocenters. The van der Waals surface area contributed by atoms with Crippen LogP contribution in [0.1, 0.15) is 19.4 Å². The van der Waals surface area contributed by atoms with Gasteiger partial charge in [-0.05, 0) is 31.5 Å². The number of hydrogen-bond acceptors (Lipinski definition) is 3. The van der Waals surface area contributed by atoms with Crippen molar-refractivity contribution in [3.8, 4) is 5.75 Å². The maximum atomic E-state index is 6.00. The largest absolute Gasteiger partial charge is 0.494 e. The van der Waals surface area contributed by atoms with E-state index in [0.717, 1.165) is 11.3 Å². The molecule has 0 heterocycles. The first-order valence-electron chi connectivity index (χ1n) is 4.82. The Kier molecular flexibility index (Phi) is 3.49. The maximum Gasteiger partial charge on any atom is 0.119 e. The summed E-state index contributed by atoms with van der Waals surface area (Å²) >= 11 is 0. The van der Waals surface area contributed by atoms with Gasteiger partial charge in [-0.2, -0.15) is 0 Å². The van der Waals surface area contributed by atoms with Gasteiger partial charge in [0, 0.05) is 6.54 Å². The molecule has 3 nitrogen and oxygen atoms in total. The first kappa shape index (κ1) is 11.0. The molecule has 0 saturated carbocycles. The van der Waals surface area contributed by atoms with Crippen molar-refractivity contribution in [1.82, 2.24) is 0 Å². The minimum absolute atomic E-state index is 0.432. The molecule has 0 radical (unpaired) electrons. The predicted molar refractivity (Wildman–Crippen MR) is 58.2 cm³/mol. The molecule has 1 unspecified atom stereocenters. The van der Waals surface area contributed by atoms with E-state index in [4.69, 9.17) is 16.2 Å². The molecule has 0 aliphatic rings. The third-order valence-corrected chi connectivity index (χ3v) is 2.25. The number of benzene rings is 1. The van der Waals surface area contributed by atoms with Crippen molar-refractivity contribution in [1.29, 1.82) is 0 Å². The molecular weight excluding hydrogens is 176 g/mol. The van der Waals surface area contributed by atoms with Crippen molar-refractivity contribution in [2.24, 2.45) is 11.5 Å². The highest BCUT2D eigenvalue weighted by atomic mass is 16.5. The van der Waals surface area contributed by atoms with Crippen LogP contribution in [0.2, 0.25) is 0 Å². The Bertz CT molecular complexity index is 280. The Labute approximate surface area is 85.0 Å². The van der Waals surface area contributed by atoms with Gasteiger partial charge in [-0.15, -0.1) is 0 Å². The van der Waals surface area contributed by atoms with Gasteiger partial charge in [0.1, 0.15) is 5.75 Å². The van der Waals surface area contributed by atoms with Crippen molar-refractivity contribution in [3.05, 3.63) is 29.8 Å². The van der Waals surface area contributed by atoms with Crippen molar-refractivity contribution in [3.63, 3.8) is 0 Å². The fourth-order valence-electron chi connectivity index (χ4n) is 1.22. The third kappa shape index (κ3) is 2.47. The van der Waals surface area contributed by atoms with E-state index < -0.39 is 5.54 Å². The monoisotopic (exact) mass is 194 g/mol. The van der Waals surface area contributed by atoms with Crippen LogP contribution in [0.15, 0.2) is 24.3 Å². The average molecular weight is 194 g/mol. The summed E-state index contributed by atoms with van der Waals surface area (Å²) < 4.78 is 5.34. The van der Waals surface area contributed by atoms with Crippen LogP contribution in [0.5, 0.6) is 5.75 Å². The minimum atomic E-state index is -0.454. The molecule has 0 aliphatic carbocycles. The van der Waals surface area contributed by atoms with E-state index in [1.165, 1.54) is 0 Å². The topological polar surface area (TPSA) is 61.3 Å². The van der Waals surface area contributed by atoms with Gasteiger partial charge in [-0.1, -0.05) is 12.1 Å². The van der Waals surface area contributed by atoms with Gasteiger partial charge in [0.2, 0.25) is 0 Å². The van der Waals surface area contributed by atoms with Gasteiger partial charge >= 0.3 is 0 Å². The van der Waals surface area contributed by atoms with Crippen LogP contribution < -0.4 is 16.2 Å². The molecule has 0 fully saturated rings. The molecule has 0 spiro atoms. The van der Waals surface area contributed by atoms with Gasteiger partial charge in [0.05, 0.1) is 12.1 Å². The molecule has 3 heteroatoms. The molecule has 4 N–H and O–H groups in total. The van der Waals surface area contributed by atoms with Crippen LogP contribution in [0.3, 0.4) is 0 Å². The zero-order chi connectivity index (χ0) is 10.6. The number of hydrogen-bond donors (Lipinski definition) is 2. The highest BCUT2D eigenvalue weighted by molar-refractivity contribution is 5.31. The normalized spacial score (nSPS) is 14.9. The van der Waals surface area contributed by atoms with Crippen molar-refractivity contribution >= 4 is 0 Å². The van der Waals surface area contributed by atoms with Crippen LogP contribution in [0, 0.1) is 0 Å². The zero-order valence-electron chi connectivity index (χ0n) is 8.79. The molecule has 1 aromatic carbocycles. The molecule has 78 valence electrons. The van der Waals surface area contributed by atoms with E-state index in [0.29, 0.717) is 13.2 Å². The summed E-state index contributed by atoms with van der Waals surface area (Å²) in [5, 5.41) is 0. The molecule has 1 rings (SSSR count). The first-order chi connectivity index (χ1) is 6.60. The summed E-state index contributed by atoms with van der Waals surface area (Å²) in [4.78, 5) is 0. The lowest BCUT2D eigenvalue weighted by Gasteiger charge is -2.23. The van der Waals surface area contributed by atoms with Crippen LogP contribution >= 0.6 is 0 Å². The molecule has 0 aromatic heterocycles. The summed E-state index contributed by atoms with van der Waals surface area (Å²) in [5.41, 5.74) is 12.2. The summed E-state index contributed by atoms with van der Waals surface area (Å²) in [6, 6.07) is 7.74. The Morgan fingerprint density at radius 1 is 1.29 bits per heavy atom. The van der Waals surface area contributed by atoms with Crippen LogP contribution in [0.25, 0.3) is 0 Å². The molecule has 0 saturated heterocycles. The maximum absolute atomic E-state index is 6.00. The van der Waals surface area contributed by atoms with Crippen molar-refractivity contribution < 1.29 is 4.74 Å². The summed E-state index contributed by atoms with van der Waals surface area (Å²) in [7, 11) is 0. The van der Waals surface area contributed by atoms with Crippen molar-refractivity contribution in [2.75, 3.05) is 13.2 Å².